The molecule has 29 heavy (non-hydrogen) atoms. The van der Waals surface area contributed by atoms with E-state index in [0.717, 1.165) is 0 Å². The van der Waals surface area contributed by atoms with Crippen LogP contribution in [0.15, 0.2) is 18.2 Å². The first-order valence-electron chi connectivity index (χ1n) is 9.81. The molecule has 9 nitrogen and oxygen atoms in total. The standard InChI is InChI=1S/C19H25N3O6S/c23-18(20-15-5-8-29(25,26)11-15)10-22-6-3-13(4-7-22)19(24)21-14-1-2-16-17(9-14)28-12-27-16/h1-2,9,13,15H,3-8,10-12H2,(H,20,23)(H,21,24)/t15-/m1/s1. The quantitative estimate of drug-likeness (QED) is 0.703. The Kier molecular flexibility index (Phi) is 5.64. The molecular weight excluding hydrogens is 398 g/mol. The minimum absolute atomic E-state index is 0.0286. The third kappa shape index (κ3) is 4.99. The summed E-state index contributed by atoms with van der Waals surface area (Å²) in [6.45, 7) is 1.72. The largest absolute Gasteiger partial charge is 0.454 e. The van der Waals surface area contributed by atoms with Crippen LogP contribution >= 0.6 is 0 Å². The molecule has 0 radical (unpaired) electrons. The number of nitrogens with zero attached hydrogens (tertiary/aromatic N) is 1. The molecule has 10 heteroatoms. The van der Waals surface area contributed by atoms with Crippen LogP contribution in [0.1, 0.15) is 19.3 Å². The van der Waals surface area contributed by atoms with E-state index in [9.17, 15) is 18.0 Å². The van der Waals surface area contributed by atoms with Crippen LogP contribution < -0.4 is 20.1 Å². The molecule has 0 unspecified atom stereocenters. The number of amides is 2. The summed E-state index contributed by atoms with van der Waals surface area (Å²) in [7, 11) is -3.01. The summed E-state index contributed by atoms with van der Waals surface area (Å²) >= 11 is 0. The third-order valence-corrected chi connectivity index (χ3v) is 7.33. The zero-order valence-electron chi connectivity index (χ0n) is 16.1. The molecule has 2 saturated heterocycles. The van der Waals surface area contributed by atoms with Gasteiger partial charge in [0.1, 0.15) is 0 Å². The highest BCUT2D eigenvalue weighted by Gasteiger charge is 2.30. The highest BCUT2D eigenvalue weighted by molar-refractivity contribution is 7.91. The van der Waals surface area contributed by atoms with Crippen molar-refractivity contribution in [3.05, 3.63) is 18.2 Å². The van der Waals surface area contributed by atoms with E-state index in [-0.39, 0.29) is 48.6 Å². The molecule has 0 aliphatic carbocycles. The van der Waals surface area contributed by atoms with Crippen molar-refractivity contribution in [2.75, 3.05) is 43.2 Å². The molecule has 3 aliphatic rings. The first kappa shape index (κ1) is 20.0. The number of carbonyl (C=O) groups is 2. The van der Waals surface area contributed by atoms with Gasteiger partial charge < -0.3 is 20.1 Å². The van der Waals surface area contributed by atoms with Gasteiger partial charge in [0.05, 0.1) is 18.1 Å². The van der Waals surface area contributed by atoms with Crippen LogP contribution in [0.25, 0.3) is 0 Å². The number of likely N-dealkylation sites (tertiary alicyclic amines) is 1. The van der Waals surface area contributed by atoms with E-state index in [1.54, 1.807) is 18.2 Å². The predicted molar refractivity (Wildman–Crippen MR) is 106 cm³/mol. The number of benzene rings is 1. The monoisotopic (exact) mass is 423 g/mol. The molecule has 2 N–H and O–H groups in total. The molecular formula is C19H25N3O6S. The lowest BCUT2D eigenvalue weighted by atomic mass is 9.95. The number of piperidine rings is 1. The van der Waals surface area contributed by atoms with E-state index in [1.165, 1.54) is 0 Å². The van der Waals surface area contributed by atoms with Gasteiger partial charge in [-0.25, -0.2) is 8.42 Å². The van der Waals surface area contributed by atoms with Gasteiger partial charge in [0.2, 0.25) is 18.6 Å². The van der Waals surface area contributed by atoms with Gasteiger partial charge in [-0.2, -0.15) is 0 Å². The van der Waals surface area contributed by atoms with E-state index < -0.39 is 9.84 Å². The molecule has 2 amide bonds. The van der Waals surface area contributed by atoms with Crippen molar-refractivity contribution in [1.82, 2.24) is 10.2 Å². The van der Waals surface area contributed by atoms with E-state index in [0.29, 0.717) is 49.5 Å². The average molecular weight is 423 g/mol. The van der Waals surface area contributed by atoms with Crippen LogP contribution in [-0.2, 0) is 19.4 Å². The number of hydrogen-bond donors (Lipinski definition) is 2. The topological polar surface area (TPSA) is 114 Å². The van der Waals surface area contributed by atoms with Gasteiger partial charge in [0, 0.05) is 23.7 Å². The Morgan fingerprint density at radius 3 is 2.59 bits per heavy atom. The molecule has 0 aromatic heterocycles. The second-order valence-corrected chi connectivity index (χ2v) is 10.0. The number of ether oxygens (including phenoxy) is 2. The van der Waals surface area contributed by atoms with Crippen molar-refractivity contribution in [1.29, 1.82) is 0 Å². The maximum Gasteiger partial charge on any atom is 0.234 e. The molecule has 3 aliphatic heterocycles. The Morgan fingerprint density at radius 2 is 1.86 bits per heavy atom. The number of anilines is 1. The van der Waals surface area contributed by atoms with E-state index >= 15 is 0 Å². The molecule has 4 rings (SSSR count). The first-order chi connectivity index (χ1) is 13.9. The smallest absolute Gasteiger partial charge is 0.234 e. The summed E-state index contributed by atoms with van der Waals surface area (Å²) in [5, 5.41) is 5.73. The summed E-state index contributed by atoms with van der Waals surface area (Å²) in [4.78, 5) is 26.7. The zero-order valence-corrected chi connectivity index (χ0v) is 16.9. The average Bonchev–Trinajstić information content (AvgIpc) is 3.27. The highest BCUT2D eigenvalue weighted by atomic mass is 32.2. The van der Waals surface area contributed by atoms with Gasteiger partial charge in [0.15, 0.2) is 21.3 Å². The molecule has 3 heterocycles. The number of hydrogen-bond acceptors (Lipinski definition) is 7. The number of sulfone groups is 1. The lowest BCUT2D eigenvalue weighted by Crippen LogP contribution is -2.46. The van der Waals surface area contributed by atoms with Crippen molar-refractivity contribution < 1.29 is 27.5 Å². The third-order valence-electron chi connectivity index (χ3n) is 5.56. The van der Waals surface area contributed by atoms with Crippen molar-refractivity contribution in [3.8, 4) is 11.5 Å². The lowest BCUT2D eigenvalue weighted by molar-refractivity contribution is -0.123. The summed E-state index contributed by atoms with van der Waals surface area (Å²) in [5.74, 6) is 1.16. The Labute approximate surface area is 169 Å². The van der Waals surface area contributed by atoms with Crippen molar-refractivity contribution >= 4 is 27.3 Å². The molecule has 1 atom stereocenters. The van der Waals surface area contributed by atoms with Crippen LogP contribution in [0.5, 0.6) is 11.5 Å². The van der Waals surface area contributed by atoms with Crippen LogP contribution in [0.2, 0.25) is 0 Å². The molecule has 0 saturated carbocycles. The van der Waals surface area contributed by atoms with Crippen molar-refractivity contribution in [2.24, 2.45) is 5.92 Å². The fourth-order valence-corrected chi connectivity index (χ4v) is 5.63. The number of nitrogens with one attached hydrogen (secondary N) is 2. The molecule has 0 bridgehead atoms. The number of fused-ring (bicyclic) bond motifs is 1. The van der Waals surface area contributed by atoms with E-state index in [4.69, 9.17) is 9.47 Å². The molecule has 1 aromatic rings. The second-order valence-electron chi connectivity index (χ2n) is 7.78. The fraction of sp³-hybridized carbons (Fsp3) is 0.579. The first-order valence-corrected chi connectivity index (χ1v) is 11.6. The Morgan fingerprint density at radius 1 is 1.10 bits per heavy atom. The summed E-state index contributed by atoms with van der Waals surface area (Å²) < 4.78 is 33.6. The highest BCUT2D eigenvalue weighted by Crippen LogP contribution is 2.34. The minimum Gasteiger partial charge on any atom is -0.454 e. The second kappa shape index (κ2) is 8.19. The van der Waals surface area contributed by atoms with Gasteiger partial charge in [-0.1, -0.05) is 0 Å². The van der Waals surface area contributed by atoms with E-state index in [1.807, 2.05) is 4.90 Å². The van der Waals surface area contributed by atoms with Crippen LogP contribution in [-0.4, -0.2) is 69.1 Å². The van der Waals surface area contributed by atoms with Gasteiger partial charge in [0.25, 0.3) is 0 Å². The maximum absolute atomic E-state index is 12.5. The molecule has 0 spiro atoms. The van der Waals surface area contributed by atoms with Crippen LogP contribution in [0.4, 0.5) is 5.69 Å². The summed E-state index contributed by atoms with van der Waals surface area (Å²) in [5.41, 5.74) is 0.674. The van der Waals surface area contributed by atoms with Crippen molar-refractivity contribution in [2.45, 2.75) is 25.3 Å². The van der Waals surface area contributed by atoms with Crippen molar-refractivity contribution in [3.63, 3.8) is 0 Å². The summed E-state index contributed by atoms with van der Waals surface area (Å²) in [6.07, 6.45) is 1.82. The predicted octanol–water partition coefficient (Wildman–Crippen LogP) is 0.369. The number of rotatable bonds is 5. The minimum atomic E-state index is -3.01. The normalized spacial score (nSPS) is 23.7. The SMILES string of the molecule is O=C(CN1CCC(C(=O)Nc2ccc3c(c2)OCO3)CC1)N[C@@H]1CCS(=O)(=O)C1. The molecule has 1 aromatic carbocycles. The summed E-state index contributed by atoms with van der Waals surface area (Å²) in [6, 6.07) is 5.03. The molecule has 158 valence electrons. The van der Waals surface area contributed by atoms with Gasteiger partial charge in [-0.05, 0) is 44.5 Å². The van der Waals surface area contributed by atoms with Gasteiger partial charge in [-0.15, -0.1) is 0 Å². The Balaban J connectivity index is 1.21. The maximum atomic E-state index is 12.5. The fourth-order valence-electron chi connectivity index (χ4n) is 3.96. The zero-order chi connectivity index (χ0) is 20.4. The Bertz CT molecular complexity index is 895. The number of carbonyl (C=O) groups excluding carboxylic acids is 2. The van der Waals surface area contributed by atoms with Crippen LogP contribution in [0, 0.1) is 5.92 Å². The molecule has 2 fully saturated rings. The van der Waals surface area contributed by atoms with E-state index in [2.05, 4.69) is 10.6 Å². The van der Waals surface area contributed by atoms with Crippen LogP contribution in [0.3, 0.4) is 0 Å². The Hall–Kier alpha value is -2.33. The van der Waals surface area contributed by atoms with Gasteiger partial charge in [-0.3, -0.25) is 14.5 Å². The van der Waals surface area contributed by atoms with Gasteiger partial charge >= 0.3 is 0 Å². The lowest BCUT2D eigenvalue weighted by Gasteiger charge is -2.31.